The van der Waals surface area contributed by atoms with Crippen LogP contribution in [0.1, 0.15) is 5.82 Å². The van der Waals surface area contributed by atoms with Crippen LogP contribution in [0.5, 0.6) is 0 Å². The number of H-pyrrole nitrogens is 1. The number of nitrogens with zero attached hydrogens (tertiary/aromatic N) is 2. The summed E-state index contributed by atoms with van der Waals surface area (Å²) in [6.45, 7) is 1.90. The lowest BCUT2D eigenvalue weighted by Gasteiger charge is -2.05. The van der Waals surface area contributed by atoms with E-state index < -0.39 is 0 Å². The van der Waals surface area contributed by atoms with Gasteiger partial charge in [0.1, 0.15) is 10.5 Å². The van der Waals surface area contributed by atoms with E-state index in [1.54, 1.807) is 6.20 Å². The van der Waals surface area contributed by atoms with Gasteiger partial charge in [0.25, 0.3) is 0 Å². The summed E-state index contributed by atoms with van der Waals surface area (Å²) in [6, 6.07) is 12.0. The predicted molar refractivity (Wildman–Crippen MR) is 74.9 cm³/mol. The highest BCUT2D eigenvalue weighted by atomic mass is 32.1. The van der Waals surface area contributed by atoms with E-state index in [9.17, 15) is 0 Å². The highest BCUT2D eigenvalue weighted by Gasteiger charge is 2.01. The van der Waals surface area contributed by atoms with E-state index in [-0.39, 0.29) is 0 Å². The minimum absolute atomic E-state index is 0.604. The van der Waals surface area contributed by atoms with E-state index in [2.05, 4.69) is 27.1 Å². The molecule has 0 saturated heterocycles. The van der Waals surface area contributed by atoms with Gasteiger partial charge in [0.05, 0.1) is 5.52 Å². The summed E-state index contributed by atoms with van der Waals surface area (Å²) in [5.74, 6) is 0.823. The number of fused-ring (bicyclic) bond motifs is 1. The summed E-state index contributed by atoms with van der Waals surface area (Å²) in [5.41, 5.74) is 3.07. The number of pyridine rings is 1. The van der Waals surface area contributed by atoms with Crippen LogP contribution in [0, 0.1) is 11.6 Å². The zero-order valence-electron chi connectivity index (χ0n) is 9.84. The van der Waals surface area contributed by atoms with Crippen LogP contribution in [0.15, 0.2) is 42.6 Å². The molecule has 3 nitrogen and oxygen atoms in total. The summed E-state index contributed by atoms with van der Waals surface area (Å²) >= 11 is 5.14. The van der Waals surface area contributed by atoms with Crippen molar-refractivity contribution >= 4 is 23.1 Å². The van der Waals surface area contributed by atoms with Crippen LogP contribution in [-0.4, -0.2) is 15.0 Å². The van der Waals surface area contributed by atoms with Gasteiger partial charge in [-0.05, 0) is 36.8 Å². The van der Waals surface area contributed by atoms with Crippen LogP contribution < -0.4 is 0 Å². The molecule has 4 heteroatoms. The molecule has 2 heterocycles. The number of hydrogen-bond donors (Lipinski definition) is 1. The van der Waals surface area contributed by atoms with E-state index in [0.29, 0.717) is 4.64 Å². The summed E-state index contributed by atoms with van der Waals surface area (Å²) in [4.78, 5) is 11.7. The minimum atomic E-state index is 0.604. The normalized spacial score (nSPS) is 10.7. The van der Waals surface area contributed by atoms with E-state index in [1.807, 2.05) is 31.2 Å². The van der Waals surface area contributed by atoms with Gasteiger partial charge in [-0.1, -0.05) is 24.4 Å². The quantitative estimate of drug-likeness (QED) is 0.673. The maximum atomic E-state index is 5.14. The Morgan fingerprint density at radius 2 is 2.06 bits per heavy atom. The topological polar surface area (TPSA) is 41.6 Å². The smallest absolute Gasteiger partial charge is 0.130 e. The molecule has 0 aliphatic heterocycles. The first kappa shape index (κ1) is 11.0. The monoisotopic (exact) mass is 253 g/mol. The van der Waals surface area contributed by atoms with E-state index in [1.165, 1.54) is 0 Å². The Balaban J connectivity index is 2.22. The lowest BCUT2D eigenvalue weighted by atomic mass is 10.1. The lowest BCUT2D eigenvalue weighted by Crippen LogP contribution is -1.91. The zero-order valence-corrected chi connectivity index (χ0v) is 10.7. The number of rotatable bonds is 1. The largest absolute Gasteiger partial charge is 0.343 e. The second-order valence-corrected chi connectivity index (χ2v) is 4.55. The fourth-order valence-electron chi connectivity index (χ4n) is 1.98. The first-order valence-electron chi connectivity index (χ1n) is 5.65. The van der Waals surface area contributed by atoms with Crippen molar-refractivity contribution in [2.24, 2.45) is 0 Å². The van der Waals surface area contributed by atoms with Crippen molar-refractivity contribution < 1.29 is 0 Å². The van der Waals surface area contributed by atoms with Crippen LogP contribution in [-0.2, 0) is 0 Å². The summed E-state index contributed by atoms with van der Waals surface area (Å²) in [5, 5.41) is 1.11. The van der Waals surface area contributed by atoms with Gasteiger partial charge in [-0.3, -0.25) is 4.98 Å². The molecule has 0 aliphatic rings. The number of nitrogens with one attached hydrogen (secondary N) is 1. The first-order chi connectivity index (χ1) is 8.72. The molecular weight excluding hydrogens is 242 g/mol. The Morgan fingerprint density at radius 3 is 2.89 bits per heavy atom. The molecule has 0 atom stereocenters. The fourth-order valence-corrected chi connectivity index (χ4v) is 2.23. The fraction of sp³-hybridized carbons (Fsp3) is 0.0714. The van der Waals surface area contributed by atoms with Crippen molar-refractivity contribution in [1.82, 2.24) is 15.0 Å². The number of aromatic nitrogens is 3. The van der Waals surface area contributed by atoms with Crippen molar-refractivity contribution in [3.8, 4) is 11.3 Å². The number of benzene rings is 1. The number of aromatic amines is 1. The number of aryl methyl sites for hydroxylation is 1. The van der Waals surface area contributed by atoms with Gasteiger partial charge in [0.15, 0.2) is 0 Å². The van der Waals surface area contributed by atoms with Gasteiger partial charge < -0.3 is 4.98 Å². The molecule has 18 heavy (non-hydrogen) atoms. The maximum absolute atomic E-state index is 5.14. The summed E-state index contributed by atoms with van der Waals surface area (Å²) in [6.07, 6.45) is 1.80. The second-order valence-electron chi connectivity index (χ2n) is 4.13. The molecule has 3 rings (SSSR count). The molecule has 3 aromatic rings. The second kappa shape index (κ2) is 4.31. The minimum Gasteiger partial charge on any atom is -0.343 e. The molecule has 0 unspecified atom stereocenters. The molecule has 0 bridgehead atoms. The van der Waals surface area contributed by atoms with Gasteiger partial charge in [-0.15, -0.1) is 0 Å². The molecule has 0 spiro atoms. The average molecular weight is 253 g/mol. The highest BCUT2D eigenvalue weighted by molar-refractivity contribution is 7.71. The van der Waals surface area contributed by atoms with Gasteiger partial charge >= 0.3 is 0 Å². The van der Waals surface area contributed by atoms with Gasteiger partial charge in [0, 0.05) is 17.3 Å². The third-order valence-electron chi connectivity index (χ3n) is 2.78. The summed E-state index contributed by atoms with van der Waals surface area (Å²) < 4.78 is 0.604. The molecule has 88 valence electrons. The molecule has 2 aromatic heterocycles. The van der Waals surface area contributed by atoms with Crippen LogP contribution in [0.3, 0.4) is 0 Å². The third kappa shape index (κ3) is 2.02. The van der Waals surface area contributed by atoms with E-state index >= 15 is 0 Å². The SMILES string of the molecule is Cc1nc(=S)cc(-c2ccc3ncccc3c2)[nH]1. The lowest BCUT2D eigenvalue weighted by molar-refractivity contribution is 1.05. The zero-order chi connectivity index (χ0) is 12.5. The van der Waals surface area contributed by atoms with Crippen LogP contribution in [0.4, 0.5) is 0 Å². The molecule has 0 aliphatic carbocycles. The van der Waals surface area contributed by atoms with Gasteiger partial charge in [-0.2, -0.15) is 0 Å². The Morgan fingerprint density at radius 1 is 1.17 bits per heavy atom. The van der Waals surface area contributed by atoms with Crippen LogP contribution >= 0.6 is 12.2 Å². The Bertz CT molecular complexity index is 777. The Labute approximate surface area is 110 Å². The highest BCUT2D eigenvalue weighted by Crippen LogP contribution is 2.21. The van der Waals surface area contributed by atoms with E-state index in [0.717, 1.165) is 28.0 Å². The van der Waals surface area contributed by atoms with Crippen LogP contribution in [0.25, 0.3) is 22.2 Å². The van der Waals surface area contributed by atoms with Crippen molar-refractivity contribution in [3.05, 3.63) is 53.1 Å². The molecule has 0 radical (unpaired) electrons. The Hall–Kier alpha value is -2.07. The van der Waals surface area contributed by atoms with Crippen molar-refractivity contribution in [1.29, 1.82) is 0 Å². The van der Waals surface area contributed by atoms with Gasteiger partial charge in [-0.25, -0.2) is 4.98 Å². The molecular formula is C14H11N3S. The van der Waals surface area contributed by atoms with E-state index in [4.69, 9.17) is 12.2 Å². The molecule has 0 fully saturated rings. The molecule has 1 aromatic carbocycles. The van der Waals surface area contributed by atoms with Crippen molar-refractivity contribution in [2.75, 3.05) is 0 Å². The van der Waals surface area contributed by atoms with Gasteiger partial charge in [0.2, 0.25) is 0 Å². The third-order valence-corrected chi connectivity index (χ3v) is 2.98. The van der Waals surface area contributed by atoms with Crippen molar-refractivity contribution in [2.45, 2.75) is 6.92 Å². The summed E-state index contributed by atoms with van der Waals surface area (Å²) in [7, 11) is 0. The average Bonchev–Trinajstić information content (AvgIpc) is 2.37. The van der Waals surface area contributed by atoms with Crippen LogP contribution in [0.2, 0.25) is 0 Å². The predicted octanol–water partition coefficient (Wildman–Crippen LogP) is 3.66. The standard InChI is InChI=1S/C14H11N3S/c1-9-16-13(8-14(18)17-9)11-4-5-12-10(7-11)3-2-6-15-12/h2-8H,1H3,(H,16,17,18). The molecule has 1 N–H and O–H groups in total. The molecule has 0 saturated carbocycles. The molecule has 0 amide bonds. The Kier molecular flexibility index (Phi) is 2.64. The number of hydrogen-bond acceptors (Lipinski definition) is 3. The van der Waals surface area contributed by atoms with Crippen molar-refractivity contribution in [3.63, 3.8) is 0 Å². The first-order valence-corrected chi connectivity index (χ1v) is 6.06. The maximum Gasteiger partial charge on any atom is 0.130 e.